The maximum atomic E-state index is 4.04. The molecule has 3 nitrogen and oxygen atoms in total. The van der Waals surface area contributed by atoms with Crippen molar-refractivity contribution in [2.75, 3.05) is 5.32 Å². The number of hydrogen-bond donors (Lipinski definition) is 1. The van der Waals surface area contributed by atoms with Crippen LogP contribution in [-0.4, -0.2) is 16.2 Å². The van der Waals surface area contributed by atoms with Gasteiger partial charge in [0, 0.05) is 6.04 Å². The molecule has 1 saturated carbocycles. The third-order valence-electron chi connectivity index (χ3n) is 2.86. The van der Waals surface area contributed by atoms with Crippen LogP contribution < -0.4 is 5.32 Å². The second-order valence-electron chi connectivity index (χ2n) is 3.84. The number of halogens is 1. The Morgan fingerprint density at radius 1 is 1.43 bits per heavy atom. The molecule has 1 heterocycles. The summed E-state index contributed by atoms with van der Waals surface area (Å²) in [5.74, 6) is 0.817. The number of nitrogens with zero attached hydrogens (tertiary/aromatic N) is 2. The minimum absolute atomic E-state index is 0.525. The van der Waals surface area contributed by atoms with Crippen molar-refractivity contribution in [1.82, 2.24) is 10.2 Å². The van der Waals surface area contributed by atoms with Crippen LogP contribution in [0.25, 0.3) is 0 Å². The van der Waals surface area contributed by atoms with E-state index in [1.165, 1.54) is 25.7 Å². The highest BCUT2D eigenvalue weighted by Crippen LogP contribution is 2.30. The predicted octanol–water partition coefficient (Wildman–Crippen LogP) is 3.29. The number of rotatable bonds is 3. The van der Waals surface area contributed by atoms with Crippen LogP contribution in [0.1, 0.15) is 32.6 Å². The maximum Gasteiger partial charge on any atom is 0.206 e. The van der Waals surface area contributed by atoms with Crippen molar-refractivity contribution in [3.05, 3.63) is 3.92 Å². The molecule has 0 saturated heterocycles. The van der Waals surface area contributed by atoms with Gasteiger partial charge in [-0.3, -0.25) is 0 Å². The van der Waals surface area contributed by atoms with E-state index in [-0.39, 0.29) is 0 Å². The van der Waals surface area contributed by atoms with Gasteiger partial charge >= 0.3 is 0 Å². The predicted molar refractivity (Wildman–Crippen MR) is 62.7 cm³/mol. The normalized spacial score (nSPS) is 19.9. The van der Waals surface area contributed by atoms with Gasteiger partial charge in [0.2, 0.25) is 5.13 Å². The molecular weight excluding hydrogens is 262 g/mol. The van der Waals surface area contributed by atoms with E-state index >= 15 is 0 Å². The number of nitrogens with one attached hydrogen (secondary N) is 1. The summed E-state index contributed by atoms with van der Waals surface area (Å²) in [5.41, 5.74) is 0. The van der Waals surface area contributed by atoms with Crippen LogP contribution in [0.4, 0.5) is 5.13 Å². The van der Waals surface area contributed by atoms with Crippen molar-refractivity contribution >= 4 is 32.4 Å². The van der Waals surface area contributed by atoms with Gasteiger partial charge < -0.3 is 5.32 Å². The fourth-order valence-corrected chi connectivity index (χ4v) is 3.14. The van der Waals surface area contributed by atoms with Crippen LogP contribution in [0.15, 0.2) is 3.92 Å². The second-order valence-corrected chi connectivity index (χ2v) is 6.09. The summed E-state index contributed by atoms with van der Waals surface area (Å²) in [6.07, 6.45) is 5.48. The van der Waals surface area contributed by atoms with Crippen LogP contribution in [0.5, 0.6) is 0 Å². The highest BCUT2D eigenvalue weighted by molar-refractivity contribution is 9.11. The lowest BCUT2D eigenvalue weighted by Gasteiger charge is -2.19. The van der Waals surface area contributed by atoms with E-state index in [0.717, 1.165) is 15.0 Å². The molecule has 0 aliphatic heterocycles. The molecule has 78 valence electrons. The van der Waals surface area contributed by atoms with Gasteiger partial charge in [0.05, 0.1) is 0 Å². The molecule has 0 spiro atoms. The molecule has 0 aromatic carbocycles. The third kappa shape index (κ3) is 2.45. The van der Waals surface area contributed by atoms with E-state index in [1.807, 2.05) is 0 Å². The zero-order valence-electron chi connectivity index (χ0n) is 8.16. The first-order chi connectivity index (χ1) is 6.75. The van der Waals surface area contributed by atoms with E-state index < -0.39 is 0 Å². The Kier molecular flexibility index (Phi) is 3.38. The van der Waals surface area contributed by atoms with Gasteiger partial charge in [-0.05, 0) is 41.6 Å². The van der Waals surface area contributed by atoms with Crippen LogP contribution in [0.2, 0.25) is 0 Å². The molecule has 0 amide bonds. The summed E-state index contributed by atoms with van der Waals surface area (Å²) >= 11 is 4.87. The van der Waals surface area contributed by atoms with Gasteiger partial charge in [0.25, 0.3) is 0 Å². The lowest BCUT2D eigenvalue weighted by atomic mass is 10.0. The second kappa shape index (κ2) is 4.57. The van der Waals surface area contributed by atoms with Crippen molar-refractivity contribution in [2.45, 2.75) is 38.6 Å². The zero-order chi connectivity index (χ0) is 9.97. The Labute approximate surface area is 96.4 Å². The molecule has 0 radical (unpaired) electrons. The quantitative estimate of drug-likeness (QED) is 0.920. The summed E-state index contributed by atoms with van der Waals surface area (Å²) < 4.78 is 0.846. The van der Waals surface area contributed by atoms with Crippen molar-refractivity contribution in [2.24, 2.45) is 5.92 Å². The first kappa shape index (κ1) is 10.4. The largest absolute Gasteiger partial charge is 0.357 e. The van der Waals surface area contributed by atoms with Gasteiger partial charge in [-0.2, -0.15) is 0 Å². The molecule has 1 aliphatic carbocycles. The molecule has 0 bridgehead atoms. The Hall–Kier alpha value is -0.160. The average Bonchev–Trinajstić information content (AvgIpc) is 2.75. The molecule has 1 N–H and O–H groups in total. The van der Waals surface area contributed by atoms with Gasteiger partial charge in [0.1, 0.15) is 0 Å². The van der Waals surface area contributed by atoms with Crippen LogP contribution in [0, 0.1) is 5.92 Å². The lowest BCUT2D eigenvalue weighted by molar-refractivity contribution is 0.482. The smallest absolute Gasteiger partial charge is 0.206 e. The first-order valence-corrected chi connectivity index (χ1v) is 6.62. The monoisotopic (exact) mass is 275 g/mol. The molecule has 1 aromatic rings. The highest BCUT2D eigenvalue weighted by Gasteiger charge is 2.21. The Morgan fingerprint density at radius 2 is 2.14 bits per heavy atom. The molecule has 2 rings (SSSR count). The minimum Gasteiger partial charge on any atom is -0.357 e. The standard InChI is InChI=1S/C9H14BrN3S/c1-6(7-4-2-3-5-7)11-9-13-12-8(10)14-9/h6-7H,2-5H2,1H3,(H,11,13). The van der Waals surface area contributed by atoms with E-state index in [9.17, 15) is 0 Å². The molecule has 1 aliphatic rings. The minimum atomic E-state index is 0.525. The highest BCUT2D eigenvalue weighted by atomic mass is 79.9. The van der Waals surface area contributed by atoms with E-state index in [0.29, 0.717) is 6.04 Å². The number of aromatic nitrogens is 2. The van der Waals surface area contributed by atoms with Crippen molar-refractivity contribution in [1.29, 1.82) is 0 Å². The summed E-state index contributed by atoms with van der Waals surface area (Å²) in [5, 5.41) is 12.3. The van der Waals surface area contributed by atoms with Crippen LogP contribution in [0.3, 0.4) is 0 Å². The van der Waals surface area contributed by atoms with Gasteiger partial charge in [-0.1, -0.05) is 24.2 Å². The third-order valence-corrected chi connectivity index (χ3v) is 4.15. The van der Waals surface area contributed by atoms with E-state index in [4.69, 9.17) is 0 Å². The summed E-state index contributed by atoms with van der Waals surface area (Å²) in [7, 11) is 0. The lowest BCUT2D eigenvalue weighted by Crippen LogP contribution is -2.23. The van der Waals surface area contributed by atoms with Crippen LogP contribution >= 0.6 is 27.3 Å². The van der Waals surface area contributed by atoms with Gasteiger partial charge in [0.15, 0.2) is 3.92 Å². The summed E-state index contributed by atoms with van der Waals surface area (Å²) in [4.78, 5) is 0. The number of anilines is 1. The molecule has 14 heavy (non-hydrogen) atoms. The molecule has 1 unspecified atom stereocenters. The van der Waals surface area contributed by atoms with Gasteiger partial charge in [-0.25, -0.2) is 0 Å². The molecule has 1 atom stereocenters. The van der Waals surface area contributed by atoms with Crippen molar-refractivity contribution in [3.8, 4) is 0 Å². The maximum absolute atomic E-state index is 4.04. The summed E-state index contributed by atoms with van der Waals surface area (Å²) in [6, 6.07) is 0.525. The molecule has 1 fully saturated rings. The fraction of sp³-hybridized carbons (Fsp3) is 0.778. The van der Waals surface area contributed by atoms with Gasteiger partial charge in [-0.15, -0.1) is 10.2 Å². The molecule has 1 aromatic heterocycles. The SMILES string of the molecule is CC(Nc1nnc(Br)s1)C1CCCC1. The van der Waals surface area contributed by atoms with E-state index in [2.05, 4.69) is 38.4 Å². The fourth-order valence-electron chi connectivity index (χ4n) is 2.03. The average molecular weight is 276 g/mol. The Balaban J connectivity index is 1.90. The number of hydrogen-bond acceptors (Lipinski definition) is 4. The Bertz CT molecular complexity index is 296. The first-order valence-electron chi connectivity index (χ1n) is 5.01. The molecule has 5 heteroatoms. The summed E-state index contributed by atoms with van der Waals surface area (Å²) in [6.45, 7) is 2.24. The zero-order valence-corrected chi connectivity index (χ0v) is 10.6. The van der Waals surface area contributed by atoms with E-state index in [1.54, 1.807) is 11.3 Å². The molecular formula is C9H14BrN3S. The van der Waals surface area contributed by atoms with Crippen molar-refractivity contribution < 1.29 is 0 Å². The van der Waals surface area contributed by atoms with Crippen LogP contribution in [-0.2, 0) is 0 Å². The van der Waals surface area contributed by atoms with Crippen molar-refractivity contribution in [3.63, 3.8) is 0 Å². The Morgan fingerprint density at radius 3 is 2.71 bits per heavy atom. The topological polar surface area (TPSA) is 37.8 Å².